The third-order valence-corrected chi connectivity index (χ3v) is 4.36. The SMILES string of the molecule is Cc1ccc(N(C)C(C)c2cccs2)c(CO)c1. The number of hydrogen-bond donors (Lipinski definition) is 1. The summed E-state index contributed by atoms with van der Waals surface area (Å²) in [5.41, 5.74) is 3.27. The van der Waals surface area contributed by atoms with E-state index in [-0.39, 0.29) is 6.61 Å². The van der Waals surface area contributed by atoms with Crippen LogP contribution in [0.4, 0.5) is 5.69 Å². The molecule has 1 N–H and O–H groups in total. The summed E-state index contributed by atoms with van der Waals surface area (Å²) < 4.78 is 0. The van der Waals surface area contributed by atoms with E-state index in [1.54, 1.807) is 11.3 Å². The van der Waals surface area contributed by atoms with Crippen LogP contribution in [0.15, 0.2) is 35.7 Å². The fourth-order valence-electron chi connectivity index (χ4n) is 2.11. The van der Waals surface area contributed by atoms with Gasteiger partial charge < -0.3 is 10.0 Å². The second kappa shape index (κ2) is 5.55. The molecule has 0 aliphatic heterocycles. The van der Waals surface area contributed by atoms with E-state index < -0.39 is 0 Å². The first-order valence-corrected chi connectivity index (χ1v) is 6.98. The Morgan fingerprint density at radius 1 is 1.33 bits per heavy atom. The molecule has 2 aromatic rings. The normalized spacial score (nSPS) is 12.4. The minimum atomic E-state index is 0.0819. The van der Waals surface area contributed by atoms with Gasteiger partial charge in [0, 0.05) is 23.2 Å². The van der Waals surface area contributed by atoms with Crippen molar-refractivity contribution in [3.63, 3.8) is 0 Å². The molecule has 0 saturated carbocycles. The summed E-state index contributed by atoms with van der Waals surface area (Å²) in [5, 5.41) is 11.6. The first-order chi connectivity index (χ1) is 8.63. The molecule has 96 valence electrons. The fraction of sp³-hybridized carbons (Fsp3) is 0.333. The van der Waals surface area contributed by atoms with Gasteiger partial charge in [-0.3, -0.25) is 0 Å². The molecule has 0 saturated heterocycles. The number of aliphatic hydroxyl groups is 1. The van der Waals surface area contributed by atoms with E-state index in [0.29, 0.717) is 6.04 Å². The van der Waals surface area contributed by atoms with Crippen LogP contribution in [0.3, 0.4) is 0 Å². The number of aliphatic hydroxyl groups excluding tert-OH is 1. The molecule has 18 heavy (non-hydrogen) atoms. The van der Waals surface area contributed by atoms with Crippen LogP contribution < -0.4 is 4.90 Å². The number of anilines is 1. The first kappa shape index (κ1) is 13.1. The van der Waals surface area contributed by atoms with Gasteiger partial charge in [0.2, 0.25) is 0 Å². The third kappa shape index (κ3) is 2.57. The van der Waals surface area contributed by atoms with Crippen molar-refractivity contribution in [3.8, 4) is 0 Å². The Bertz CT molecular complexity index is 507. The maximum absolute atomic E-state index is 9.48. The number of hydrogen-bond acceptors (Lipinski definition) is 3. The summed E-state index contributed by atoms with van der Waals surface area (Å²) in [5.74, 6) is 0. The third-order valence-electron chi connectivity index (χ3n) is 3.32. The van der Waals surface area contributed by atoms with Crippen LogP contribution in [-0.2, 0) is 6.61 Å². The number of thiophene rings is 1. The molecule has 0 aliphatic rings. The number of nitrogens with zero attached hydrogens (tertiary/aromatic N) is 1. The average Bonchev–Trinajstić information content (AvgIpc) is 2.90. The highest BCUT2D eigenvalue weighted by atomic mass is 32.1. The Balaban J connectivity index is 2.31. The van der Waals surface area contributed by atoms with E-state index in [1.807, 2.05) is 13.0 Å². The lowest BCUT2D eigenvalue weighted by molar-refractivity contribution is 0.282. The lowest BCUT2D eigenvalue weighted by atomic mass is 10.1. The van der Waals surface area contributed by atoms with Crippen molar-refractivity contribution < 1.29 is 5.11 Å². The number of rotatable bonds is 4. The zero-order valence-electron chi connectivity index (χ0n) is 11.1. The number of aryl methyl sites for hydroxylation is 1. The number of benzene rings is 1. The minimum Gasteiger partial charge on any atom is -0.392 e. The van der Waals surface area contributed by atoms with E-state index in [0.717, 1.165) is 11.3 Å². The Morgan fingerprint density at radius 2 is 2.11 bits per heavy atom. The summed E-state index contributed by atoms with van der Waals surface area (Å²) in [7, 11) is 2.08. The lowest BCUT2D eigenvalue weighted by Gasteiger charge is -2.28. The highest BCUT2D eigenvalue weighted by Crippen LogP contribution is 2.30. The monoisotopic (exact) mass is 261 g/mol. The Morgan fingerprint density at radius 3 is 2.72 bits per heavy atom. The van der Waals surface area contributed by atoms with Gasteiger partial charge in [-0.05, 0) is 31.4 Å². The topological polar surface area (TPSA) is 23.5 Å². The van der Waals surface area contributed by atoms with E-state index >= 15 is 0 Å². The smallest absolute Gasteiger partial charge is 0.0702 e. The molecule has 1 aromatic heterocycles. The Kier molecular flexibility index (Phi) is 4.04. The van der Waals surface area contributed by atoms with Crippen LogP contribution >= 0.6 is 11.3 Å². The summed E-state index contributed by atoms with van der Waals surface area (Å²) >= 11 is 1.77. The molecule has 2 rings (SSSR count). The van der Waals surface area contributed by atoms with Crippen LogP contribution in [-0.4, -0.2) is 12.2 Å². The standard InChI is InChI=1S/C15H19NOS/c1-11-6-7-14(13(9-11)10-17)16(3)12(2)15-5-4-8-18-15/h4-9,12,17H,10H2,1-3H3. The van der Waals surface area contributed by atoms with Crippen molar-refractivity contribution in [1.29, 1.82) is 0 Å². The Labute approximate surface area is 113 Å². The molecule has 1 aromatic carbocycles. The van der Waals surface area contributed by atoms with Crippen LogP contribution in [0.2, 0.25) is 0 Å². The summed E-state index contributed by atoms with van der Waals surface area (Å²) in [6.07, 6.45) is 0. The highest BCUT2D eigenvalue weighted by molar-refractivity contribution is 7.10. The maximum Gasteiger partial charge on any atom is 0.0702 e. The zero-order chi connectivity index (χ0) is 13.1. The molecule has 1 unspecified atom stereocenters. The summed E-state index contributed by atoms with van der Waals surface area (Å²) in [6, 6.07) is 10.8. The van der Waals surface area contributed by atoms with Gasteiger partial charge in [-0.15, -0.1) is 11.3 Å². The van der Waals surface area contributed by atoms with E-state index in [2.05, 4.69) is 48.5 Å². The van der Waals surface area contributed by atoms with Gasteiger partial charge in [-0.2, -0.15) is 0 Å². The van der Waals surface area contributed by atoms with Crippen molar-refractivity contribution in [3.05, 3.63) is 51.7 Å². The van der Waals surface area contributed by atoms with Gasteiger partial charge in [-0.1, -0.05) is 23.8 Å². The van der Waals surface area contributed by atoms with Gasteiger partial charge >= 0.3 is 0 Å². The molecule has 0 fully saturated rings. The summed E-state index contributed by atoms with van der Waals surface area (Å²) in [6.45, 7) is 4.32. The largest absolute Gasteiger partial charge is 0.392 e. The van der Waals surface area contributed by atoms with E-state index in [1.165, 1.54) is 10.4 Å². The predicted octanol–water partition coefficient (Wildman–Crippen LogP) is 3.75. The van der Waals surface area contributed by atoms with Gasteiger partial charge in [0.05, 0.1) is 12.6 Å². The molecule has 2 nitrogen and oxygen atoms in total. The zero-order valence-corrected chi connectivity index (χ0v) is 11.9. The molecular formula is C15H19NOS. The van der Waals surface area contributed by atoms with Crippen LogP contribution in [0.1, 0.15) is 29.0 Å². The van der Waals surface area contributed by atoms with Crippen LogP contribution in [0.5, 0.6) is 0 Å². The molecule has 0 amide bonds. The van der Waals surface area contributed by atoms with Crippen molar-refractivity contribution in [2.24, 2.45) is 0 Å². The molecule has 0 bridgehead atoms. The molecule has 1 heterocycles. The lowest BCUT2D eigenvalue weighted by Crippen LogP contribution is -2.22. The van der Waals surface area contributed by atoms with Gasteiger partial charge in [0.1, 0.15) is 0 Å². The molecule has 0 radical (unpaired) electrons. The van der Waals surface area contributed by atoms with E-state index in [9.17, 15) is 5.11 Å². The minimum absolute atomic E-state index is 0.0819. The van der Waals surface area contributed by atoms with Gasteiger partial charge in [0.25, 0.3) is 0 Å². The highest BCUT2D eigenvalue weighted by Gasteiger charge is 2.15. The quantitative estimate of drug-likeness (QED) is 0.906. The van der Waals surface area contributed by atoms with Crippen LogP contribution in [0.25, 0.3) is 0 Å². The second-order valence-electron chi connectivity index (χ2n) is 4.59. The van der Waals surface area contributed by atoms with Crippen molar-refractivity contribution in [2.75, 3.05) is 11.9 Å². The van der Waals surface area contributed by atoms with Gasteiger partial charge in [-0.25, -0.2) is 0 Å². The fourth-order valence-corrected chi connectivity index (χ4v) is 2.94. The van der Waals surface area contributed by atoms with E-state index in [4.69, 9.17) is 0 Å². The van der Waals surface area contributed by atoms with Crippen LogP contribution in [0, 0.1) is 6.92 Å². The molecule has 0 aliphatic carbocycles. The maximum atomic E-state index is 9.48. The van der Waals surface area contributed by atoms with Gasteiger partial charge in [0.15, 0.2) is 0 Å². The molecule has 0 spiro atoms. The van der Waals surface area contributed by atoms with Crippen molar-refractivity contribution in [2.45, 2.75) is 26.5 Å². The van der Waals surface area contributed by atoms with Crippen molar-refractivity contribution in [1.82, 2.24) is 0 Å². The first-order valence-electron chi connectivity index (χ1n) is 6.10. The molecular weight excluding hydrogens is 242 g/mol. The average molecular weight is 261 g/mol. The second-order valence-corrected chi connectivity index (χ2v) is 5.57. The van der Waals surface area contributed by atoms with Crippen molar-refractivity contribution >= 4 is 17.0 Å². The molecule has 1 atom stereocenters. The summed E-state index contributed by atoms with van der Waals surface area (Å²) in [4.78, 5) is 3.55. The Hall–Kier alpha value is -1.32. The molecule has 3 heteroatoms. The predicted molar refractivity (Wildman–Crippen MR) is 78.2 cm³/mol.